The number of anilines is 1. The summed E-state index contributed by atoms with van der Waals surface area (Å²) in [6.45, 7) is 0.903. The fraction of sp³-hybridized carbons (Fsp3) is 0.360. The molecular weight excluding hydrogens is 434 g/mol. The lowest BCUT2D eigenvalue weighted by Crippen LogP contribution is -2.49. The lowest BCUT2D eigenvalue weighted by Gasteiger charge is -2.36. The molecule has 3 aromatic rings. The number of carboxylic acids is 1. The summed E-state index contributed by atoms with van der Waals surface area (Å²) in [5, 5.41) is 15.2. The van der Waals surface area contributed by atoms with Gasteiger partial charge in [0.25, 0.3) is 0 Å². The minimum absolute atomic E-state index is 0.119. The van der Waals surface area contributed by atoms with Crippen molar-refractivity contribution in [3.63, 3.8) is 0 Å². The van der Waals surface area contributed by atoms with Crippen molar-refractivity contribution < 1.29 is 19.5 Å². The number of para-hydroxylation sites is 2. The Morgan fingerprint density at radius 3 is 2.62 bits per heavy atom. The molecule has 0 aliphatic carbocycles. The van der Waals surface area contributed by atoms with E-state index < -0.39 is 12.0 Å². The molecule has 1 aliphatic heterocycles. The lowest BCUT2D eigenvalue weighted by atomic mass is 9.92. The molecular formula is C25H29N5O4. The molecule has 4 N–H and O–H groups in total. The Labute approximate surface area is 197 Å². The number of rotatable bonds is 10. The van der Waals surface area contributed by atoms with E-state index in [1.54, 1.807) is 4.90 Å². The summed E-state index contributed by atoms with van der Waals surface area (Å²) in [7, 11) is 0. The predicted molar refractivity (Wildman–Crippen MR) is 128 cm³/mol. The Balaban J connectivity index is 1.19. The maximum Gasteiger partial charge on any atom is 0.305 e. The first-order valence-electron chi connectivity index (χ1n) is 11.5. The molecule has 1 atom stereocenters. The van der Waals surface area contributed by atoms with Gasteiger partial charge in [0.1, 0.15) is 0 Å². The third kappa shape index (κ3) is 5.92. The van der Waals surface area contributed by atoms with E-state index >= 15 is 0 Å². The van der Waals surface area contributed by atoms with E-state index in [1.807, 2.05) is 48.5 Å². The third-order valence-corrected chi connectivity index (χ3v) is 6.04. The molecule has 2 amide bonds. The molecule has 9 nitrogen and oxygen atoms in total. The van der Waals surface area contributed by atoms with Gasteiger partial charge in [-0.1, -0.05) is 36.4 Å². The normalized spacial score (nSPS) is 15.1. The highest BCUT2D eigenvalue weighted by Crippen LogP contribution is 2.25. The van der Waals surface area contributed by atoms with Gasteiger partial charge in [0, 0.05) is 25.6 Å². The van der Waals surface area contributed by atoms with Crippen molar-refractivity contribution in [3.8, 4) is 0 Å². The Kier molecular flexibility index (Phi) is 7.41. The van der Waals surface area contributed by atoms with Gasteiger partial charge in [0.15, 0.2) is 0 Å². The van der Waals surface area contributed by atoms with E-state index in [2.05, 4.69) is 20.6 Å². The third-order valence-electron chi connectivity index (χ3n) is 6.04. The summed E-state index contributed by atoms with van der Waals surface area (Å²) in [6.07, 6.45) is 2.15. The van der Waals surface area contributed by atoms with Crippen LogP contribution in [-0.2, 0) is 27.3 Å². The molecule has 0 bridgehead atoms. The number of benzene rings is 2. The smallest absolute Gasteiger partial charge is 0.305 e. The number of hydrogen-bond acceptors (Lipinski definition) is 5. The second-order valence-corrected chi connectivity index (χ2v) is 8.51. The van der Waals surface area contributed by atoms with Crippen LogP contribution in [0.15, 0.2) is 48.5 Å². The number of amides is 2. The summed E-state index contributed by atoms with van der Waals surface area (Å²) in [4.78, 5) is 45.6. The summed E-state index contributed by atoms with van der Waals surface area (Å²) >= 11 is 0. The van der Waals surface area contributed by atoms with E-state index in [-0.39, 0.29) is 24.8 Å². The SMILES string of the molecule is O=C(O)CC1Cc2ccccc2CN1C(=O)CNC(=O)CCCCNc1nc2ccccc2[nH]1. The van der Waals surface area contributed by atoms with Crippen LogP contribution in [0.4, 0.5) is 5.95 Å². The van der Waals surface area contributed by atoms with Crippen LogP contribution in [0, 0.1) is 0 Å². The molecule has 2 aromatic carbocycles. The second kappa shape index (κ2) is 10.8. The largest absolute Gasteiger partial charge is 0.481 e. The van der Waals surface area contributed by atoms with Crippen LogP contribution in [-0.4, -0.2) is 56.9 Å². The van der Waals surface area contributed by atoms with Crippen LogP contribution in [0.2, 0.25) is 0 Å². The molecule has 0 saturated heterocycles. The van der Waals surface area contributed by atoms with E-state index in [1.165, 1.54) is 0 Å². The number of imidazole rings is 1. The number of carbonyl (C=O) groups is 3. The van der Waals surface area contributed by atoms with Gasteiger partial charge in [-0.05, 0) is 42.5 Å². The van der Waals surface area contributed by atoms with Crippen LogP contribution in [0.1, 0.15) is 36.8 Å². The van der Waals surface area contributed by atoms with Crippen LogP contribution in [0.5, 0.6) is 0 Å². The molecule has 0 fully saturated rings. The van der Waals surface area contributed by atoms with Gasteiger partial charge in [0.2, 0.25) is 17.8 Å². The Bertz CT molecular complexity index is 1140. The summed E-state index contributed by atoms with van der Waals surface area (Å²) in [5.41, 5.74) is 3.95. The molecule has 2 heterocycles. The Hall–Kier alpha value is -3.88. The lowest BCUT2D eigenvalue weighted by molar-refractivity contribution is -0.142. The second-order valence-electron chi connectivity index (χ2n) is 8.51. The Morgan fingerprint density at radius 1 is 1.06 bits per heavy atom. The maximum atomic E-state index is 12.8. The topological polar surface area (TPSA) is 127 Å². The minimum atomic E-state index is -0.942. The van der Waals surface area contributed by atoms with Gasteiger partial charge in [-0.2, -0.15) is 0 Å². The van der Waals surface area contributed by atoms with E-state index in [0.29, 0.717) is 38.3 Å². The van der Waals surface area contributed by atoms with Crippen molar-refractivity contribution in [1.82, 2.24) is 20.2 Å². The Morgan fingerprint density at radius 2 is 1.82 bits per heavy atom. The quantitative estimate of drug-likeness (QED) is 0.342. The fourth-order valence-electron chi connectivity index (χ4n) is 4.28. The highest BCUT2D eigenvalue weighted by atomic mass is 16.4. The molecule has 1 aliphatic rings. The molecule has 4 rings (SSSR count). The zero-order valence-electron chi connectivity index (χ0n) is 18.9. The molecule has 1 unspecified atom stereocenters. The summed E-state index contributed by atoms with van der Waals surface area (Å²) in [6, 6.07) is 15.1. The molecule has 0 spiro atoms. The van der Waals surface area contributed by atoms with Gasteiger partial charge in [-0.3, -0.25) is 14.4 Å². The average Bonchev–Trinajstić information content (AvgIpc) is 3.24. The van der Waals surface area contributed by atoms with Crippen molar-refractivity contribution >= 4 is 34.8 Å². The molecule has 0 radical (unpaired) electrons. The van der Waals surface area contributed by atoms with E-state index in [9.17, 15) is 19.5 Å². The first kappa shape index (κ1) is 23.3. The van der Waals surface area contributed by atoms with Crippen LogP contribution in [0.25, 0.3) is 11.0 Å². The van der Waals surface area contributed by atoms with Gasteiger partial charge < -0.3 is 25.6 Å². The average molecular weight is 464 g/mol. The number of carbonyl (C=O) groups excluding carboxylic acids is 2. The molecule has 9 heteroatoms. The number of aromatic nitrogens is 2. The van der Waals surface area contributed by atoms with Crippen LogP contribution in [0.3, 0.4) is 0 Å². The monoisotopic (exact) mass is 463 g/mol. The molecule has 1 aromatic heterocycles. The minimum Gasteiger partial charge on any atom is -0.481 e. The van der Waals surface area contributed by atoms with Crippen molar-refractivity contribution in [2.75, 3.05) is 18.4 Å². The zero-order valence-corrected chi connectivity index (χ0v) is 18.9. The predicted octanol–water partition coefficient (Wildman–Crippen LogP) is 2.69. The number of nitrogens with zero attached hydrogens (tertiary/aromatic N) is 2. The number of unbranched alkanes of at least 4 members (excludes halogenated alkanes) is 1. The highest BCUT2D eigenvalue weighted by Gasteiger charge is 2.31. The number of nitrogens with one attached hydrogen (secondary N) is 3. The number of H-pyrrole nitrogens is 1. The first-order valence-corrected chi connectivity index (χ1v) is 11.5. The van der Waals surface area contributed by atoms with Crippen molar-refractivity contribution in [2.24, 2.45) is 0 Å². The van der Waals surface area contributed by atoms with Crippen molar-refractivity contribution in [1.29, 1.82) is 0 Å². The summed E-state index contributed by atoms with van der Waals surface area (Å²) < 4.78 is 0. The van der Waals surface area contributed by atoms with Gasteiger partial charge in [-0.15, -0.1) is 0 Å². The van der Waals surface area contributed by atoms with Crippen molar-refractivity contribution in [3.05, 3.63) is 59.7 Å². The van der Waals surface area contributed by atoms with Crippen LogP contribution < -0.4 is 10.6 Å². The van der Waals surface area contributed by atoms with Gasteiger partial charge in [-0.25, -0.2) is 4.98 Å². The van der Waals surface area contributed by atoms with Crippen LogP contribution >= 0.6 is 0 Å². The summed E-state index contributed by atoms with van der Waals surface area (Å²) in [5.74, 6) is -0.692. The molecule has 34 heavy (non-hydrogen) atoms. The zero-order chi connectivity index (χ0) is 23.9. The molecule has 0 saturated carbocycles. The number of aliphatic carboxylic acids is 1. The van der Waals surface area contributed by atoms with E-state index in [0.717, 1.165) is 28.6 Å². The number of hydrogen-bond donors (Lipinski definition) is 4. The number of fused-ring (bicyclic) bond motifs is 2. The highest BCUT2D eigenvalue weighted by molar-refractivity contribution is 5.85. The van der Waals surface area contributed by atoms with E-state index in [4.69, 9.17) is 0 Å². The van der Waals surface area contributed by atoms with Crippen molar-refractivity contribution in [2.45, 2.75) is 44.7 Å². The standard InChI is InChI=1S/C25H29N5O4/c31-22(11-5-6-12-26-25-28-20-9-3-4-10-21(20)29-25)27-15-23(32)30-16-18-8-2-1-7-17(18)13-19(30)14-24(33)34/h1-4,7-10,19H,5-6,11-16H2,(H,27,31)(H,33,34)(H2,26,28,29). The molecule has 178 valence electrons. The number of carboxylic acid groups (broad SMARTS) is 1. The number of aromatic amines is 1. The van der Waals surface area contributed by atoms with Gasteiger partial charge >= 0.3 is 5.97 Å². The maximum absolute atomic E-state index is 12.8. The fourth-order valence-corrected chi connectivity index (χ4v) is 4.28. The first-order chi connectivity index (χ1) is 16.5. The van der Waals surface area contributed by atoms with Gasteiger partial charge in [0.05, 0.1) is 24.0 Å².